The molecular formula is C25H24N4O4. The number of nitrogens with zero attached hydrogens (tertiary/aromatic N) is 4. The average molecular weight is 444 g/mol. The van der Waals surface area contributed by atoms with Crippen LogP contribution in [0.1, 0.15) is 11.3 Å². The zero-order valence-electron chi connectivity index (χ0n) is 18.3. The van der Waals surface area contributed by atoms with Gasteiger partial charge in [0, 0.05) is 32.4 Å². The van der Waals surface area contributed by atoms with Gasteiger partial charge in [0.15, 0.2) is 0 Å². The molecule has 8 nitrogen and oxygen atoms in total. The van der Waals surface area contributed by atoms with Gasteiger partial charge in [-0.25, -0.2) is 4.98 Å². The smallest absolute Gasteiger partial charge is 0.278 e. The van der Waals surface area contributed by atoms with Crippen LogP contribution in [0.2, 0.25) is 0 Å². The fraction of sp³-hybridized carbons (Fsp3) is 0.240. The number of benzene rings is 1. The molecule has 2 amide bonds. The van der Waals surface area contributed by atoms with Gasteiger partial charge >= 0.3 is 0 Å². The number of hydrogen-bond acceptors (Lipinski definition) is 7. The average Bonchev–Trinajstić information content (AvgIpc) is 3.47. The van der Waals surface area contributed by atoms with Crippen molar-refractivity contribution in [3.05, 3.63) is 84.1 Å². The molecule has 0 unspecified atom stereocenters. The summed E-state index contributed by atoms with van der Waals surface area (Å²) in [4.78, 5) is 36.9. The van der Waals surface area contributed by atoms with Crippen molar-refractivity contribution in [3.8, 4) is 5.75 Å². The normalized spacial score (nSPS) is 16.7. The monoisotopic (exact) mass is 444 g/mol. The SMILES string of the molecule is COc1ccc(C2=C(N3CCN(c4ccccn4)CC3)C(=O)N(Cc3ccco3)C2=O)cc1. The van der Waals surface area contributed by atoms with E-state index in [4.69, 9.17) is 9.15 Å². The highest BCUT2D eigenvalue weighted by molar-refractivity contribution is 6.35. The van der Waals surface area contributed by atoms with Gasteiger partial charge in [0.05, 0.1) is 25.5 Å². The van der Waals surface area contributed by atoms with E-state index in [1.165, 1.54) is 11.2 Å². The van der Waals surface area contributed by atoms with Crippen molar-refractivity contribution < 1.29 is 18.7 Å². The second kappa shape index (κ2) is 8.82. The summed E-state index contributed by atoms with van der Waals surface area (Å²) in [5, 5.41) is 0. The number of anilines is 1. The minimum absolute atomic E-state index is 0.0989. The quantitative estimate of drug-likeness (QED) is 0.541. The lowest BCUT2D eigenvalue weighted by Gasteiger charge is -2.37. The number of aromatic nitrogens is 1. The highest BCUT2D eigenvalue weighted by atomic mass is 16.5. The van der Waals surface area contributed by atoms with E-state index in [0.29, 0.717) is 54.5 Å². The van der Waals surface area contributed by atoms with E-state index in [1.807, 2.05) is 35.2 Å². The summed E-state index contributed by atoms with van der Waals surface area (Å²) in [7, 11) is 1.59. The van der Waals surface area contributed by atoms with Crippen LogP contribution in [0.25, 0.3) is 5.57 Å². The van der Waals surface area contributed by atoms with Crippen molar-refractivity contribution in [2.24, 2.45) is 0 Å². The first-order chi connectivity index (χ1) is 16.2. The van der Waals surface area contributed by atoms with E-state index in [0.717, 1.165) is 5.82 Å². The molecule has 3 aromatic rings. The third-order valence-corrected chi connectivity index (χ3v) is 5.99. The second-order valence-electron chi connectivity index (χ2n) is 7.89. The van der Waals surface area contributed by atoms with Gasteiger partial charge in [-0.3, -0.25) is 14.5 Å². The van der Waals surface area contributed by atoms with Gasteiger partial charge in [0.2, 0.25) is 0 Å². The summed E-state index contributed by atoms with van der Waals surface area (Å²) >= 11 is 0. The number of methoxy groups -OCH3 is 1. The standard InChI is InChI=1S/C25H24N4O4/c1-32-19-9-7-18(8-10-19)22-23(25(31)29(24(22)30)17-20-5-4-16-33-20)28-14-12-27(13-15-28)21-6-2-3-11-26-21/h2-11,16H,12-15,17H2,1H3. The molecule has 1 fully saturated rings. The van der Waals surface area contributed by atoms with Crippen molar-refractivity contribution in [1.82, 2.24) is 14.8 Å². The summed E-state index contributed by atoms with van der Waals surface area (Å²) in [6.45, 7) is 2.73. The number of piperazine rings is 1. The first kappa shape index (κ1) is 20.8. The molecule has 0 saturated carbocycles. The summed E-state index contributed by atoms with van der Waals surface area (Å²) < 4.78 is 10.7. The van der Waals surface area contributed by atoms with E-state index in [2.05, 4.69) is 9.88 Å². The molecule has 0 bridgehead atoms. The van der Waals surface area contributed by atoms with Crippen LogP contribution in [0.15, 0.2) is 77.2 Å². The molecule has 1 saturated heterocycles. The molecular weight excluding hydrogens is 420 g/mol. The van der Waals surface area contributed by atoms with Crippen LogP contribution >= 0.6 is 0 Å². The van der Waals surface area contributed by atoms with E-state index < -0.39 is 0 Å². The molecule has 2 aliphatic rings. The van der Waals surface area contributed by atoms with Crippen molar-refractivity contribution in [1.29, 1.82) is 0 Å². The van der Waals surface area contributed by atoms with Crippen LogP contribution in [0, 0.1) is 0 Å². The molecule has 0 atom stereocenters. The molecule has 168 valence electrons. The Bertz CT molecular complexity index is 1160. The Kier molecular flexibility index (Phi) is 5.56. The first-order valence-electron chi connectivity index (χ1n) is 10.8. The van der Waals surface area contributed by atoms with Crippen LogP contribution in [0.3, 0.4) is 0 Å². The third-order valence-electron chi connectivity index (χ3n) is 5.99. The first-order valence-corrected chi connectivity index (χ1v) is 10.8. The van der Waals surface area contributed by atoms with Crippen LogP contribution in [0.4, 0.5) is 5.82 Å². The second-order valence-corrected chi connectivity index (χ2v) is 7.89. The van der Waals surface area contributed by atoms with Crippen molar-refractivity contribution >= 4 is 23.2 Å². The van der Waals surface area contributed by atoms with Gasteiger partial charge in [0.25, 0.3) is 11.8 Å². The molecule has 0 radical (unpaired) electrons. The van der Waals surface area contributed by atoms with Crippen LogP contribution in [-0.2, 0) is 16.1 Å². The number of hydrogen-bond donors (Lipinski definition) is 0. The highest BCUT2D eigenvalue weighted by Crippen LogP contribution is 2.34. The van der Waals surface area contributed by atoms with Gasteiger partial charge in [-0.1, -0.05) is 18.2 Å². The predicted octanol–water partition coefficient (Wildman–Crippen LogP) is 2.79. The predicted molar refractivity (Wildman–Crippen MR) is 122 cm³/mol. The summed E-state index contributed by atoms with van der Waals surface area (Å²) in [5.74, 6) is 1.55. The largest absolute Gasteiger partial charge is 0.497 e. The Balaban J connectivity index is 1.45. The third kappa shape index (κ3) is 3.95. The molecule has 0 aliphatic carbocycles. The minimum Gasteiger partial charge on any atom is -0.497 e. The van der Waals surface area contributed by atoms with Gasteiger partial charge in [-0.05, 0) is 42.0 Å². The fourth-order valence-corrected chi connectivity index (χ4v) is 4.28. The maximum absolute atomic E-state index is 13.5. The maximum atomic E-state index is 13.5. The van der Waals surface area contributed by atoms with Crippen LogP contribution < -0.4 is 9.64 Å². The topological polar surface area (TPSA) is 79.1 Å². The fourth-order valence-electron chi connectivity index (χ4n) is 4.28. The van der Waals surface area contributed by atoms with E-state index >= 15 is 0 Å². The van der Waals surface area contributed by atoms with Gasteiger partial charge in [-0.2, -0.15) is 0 Å². The molecule has 0 spiro atoms. The van der Waals surface area contributed by atoms with E-state index in [1.54, 1.807) is 37.6 Å². The molecule has 33 heavy (non-hydrogen) atoms. The number of carbonyl (C=O) groups excluding carboxylic acids is 2. The number of furan rings is 1. The Morgan fingerprint density at radius 2 is 1.67 bits per heavy atom. The number of rotatable bonds is 6. The number of ether oxygens (including phenoxy) is 1. The zero-order chi connectivity index (χ0) is 22.8. The Hall–Kier alpha value is -4.07. The summed E-state index contributed by atoms with van der Waals surface area (Å²) in [6, 6.07) is 16.6. The zero-order valence-corrected chi connectivity index (χ0v) is 18.3. The molecule has 0 N–H and O–H groups in total. The minimum atomic E-state index is -0.316. The lowest BCUT2D eigenvalue weighted by atomic mass is 10.0. The van der Waals surface area contributed by atoms with E-state index in [9.17, 15) is 9.59 Å². The van der Waals surface area contributed by atoms with E-state index in [-0.39, 0.29) is 18.4 Å². The maximum Gasteiger partial charge on any atom is 0.278 e. The van der Waals surface area contributed by atoms with Crippen LogP contribution in [0.5, 0.6) is 5.75 Å². The Morgan fingerprint density at radius 3 is 2.30 bits per heavy atom. The number of imide groups is 1. The molecule has 4 heterocycles. The van der Waals surface area contributed by atoms with Crippen molar-refractivity contribution in [2.45, 2.75) is 6.54 Å². The van der Waals surface area contributed by atoms with Crippen LogP contribution in [-0.4, -0.2) is 59.9 Å². The van der Waals surface area contributed by atoms with Gasteiger partial charge < -0.3 is 19.0 Å². The lowest BCUT2D eigenvalue weighted by molar-refractivity contribution is -0.138. The Labute approximate surface area is 191 Å². The van der Waals surface area contributed by atoms with Crippen molar-refractivity contribution in [3.63, 3.8) is 0 Å². The number of amides is 2. The number of carbonyl (C=O) groups is 2. The Morgan fingerprint density at radius 1 is 0.909 bits per heavy atom. The lowest BCUT2D eigenvalue weighted by Crippen LogP contribution is -2.47. The molecule has 5 rings (SSSR count). The van der Waals surface area contributed by atoms with Gasteiger partial charge in [0.1, 0.15) is 23.0 Å². The molecule has 2 aliphatic heterocycles. The summed E-state index contributed by atoms with van der Waals surface area (Å²) in [6.07, 6.45) is 3.31. The molecule has 1 aromatic carbocycles. The molecule has 2 aromatic heterocycles. The number of pyridine rings is 1. The highest BCUT2D eigenvalue weighted by Gasteiger charge is 2.42. The summed E-state index contributed by atoms with van der Waals surface area (Å²) in [5.41, 5.74) is 1.55. The van der Waals surface area contributed by atoms with Gasteiger partial charge in [-0.15, -0.1) is 0 Å². The molecule has 8 heteroatoms. The van der Waals surface area contributed by atoms with Crippen molar-refractivity contribution in [2.75, 3.05) is 38.2 Å².